The molecule has 0 unspecified atom stereocenters. The van der Waals surface area contributed by atoms with E-state index in [2.05, 4.69) is 10.4 Å². The molecule has 2 heterocycles. The molecule has 0 aliphatic carbocycles. The molecule has 2 aromatic carbocycles. The van der Waals surface area contributed by atoms with E-state index >= 15 is 0 Å². The molecule has 0 spiro atoms. The van der Waals surface area contributed by atoms with E-state index in [1.165, 1.54) is 38.4 Å². The molecule has 10 nitrogen and oxygen atoms in total. The predicted molar refractivity (Wildman–Crippen MR) is 136 cm³/mol. The number of thiophene rings is 1. The van der Waals surface area contributed by atoms with Crippen LogP contribution in [0.15, 0.2) is 69.7 Å². The Morgan fingerprint density at radius 2 is 1.75 bits per heavy atom. The quantitative estimate of drug-likeness (QED) is 0.367. The largest absolute Gasteiger partial charge is 0.461 e. The van der Waals surface area contributed by atoms with E-state index in [-0.39, 0.29) is 38.5 Å². The van der Waals surface area contributed by atoms with E-state index in [1.807, 2.05) is 0 Å². The zero-order chi connectivity index (χ0) is 26.0. The van der Waals surface area contributed by atoms with Crippen molar-refractivity contribution in [3.05, 3.63) is 81.6 Å². The third-order valence-corrected chi connectivity index (χ3v) is 7.97. The van der Waals surface area contributed by atoms with Gasteiger partial charge in [-0.25, -0.2) is 17.5 Å². The summed E-state index contributed by atoms with van der Waals surface area (Å²) in [5.74, 6) is -1.24. The SMILES string of the molecule is CCOC(=O)c1nn(-c2ccccc2)c(=O)c2c(NC(=O)c3ccc(S(=O)(=O)N(C)C)cc3)scc12. The van der Waals surface area contributed by atoms with Gasteiger partial charge in [-0.3, -0.25) is 9.59 Å². The second kappa shape index (κ2) is 10.0. The van der Waals surface area contributed by atoms with Gasteiger partial charge in [-0.1, -0.05) is 18.2 Å². The lowest BCUT2D eigenvalue weighted by atomic mass is 10.2. The minimum absolute atomic E-state index is 0.0431. The Hall–Kier alpha value is -3.87. The average Bonchev–Trinajstić information content (AvgIpc) is 3.29. The molecule has 0 bridgehead atoms. The lowest BCUT2D eigenvalue weighted by molar-refractivity contribution is 0.0520. The fourth-order valence-electron chi connectivity index (χ4n) is 3.40. The maximum Gasteiger partial charge on any atom is 0.359 e. The number of anilines is 1. The molecular formula is C24H22N4O6S2. The van der Waals surface area contributed by atoms with Gasteiger partial charge in [-0.05, 0) is 43.3 Å². The standard InChI is InChI=1S/C24H22N4O6S2/c1-4-34-24(31)20-18-14-35-22(19(18)23(30)28(26-20)16-8-6-5-7-9-16)25-21(29)15-10-12-17(13-11-15)36(32,33)27(2)3/h5-14H,4H2,1-3H3,(H,25,29). The fourth-order valence-corrected chi connectivity index (χ4v) is 5.23. The maximum absolute atomic E-state index is 13.4. The van der Waals surface area contributed by atoms with Crippen LogP contribution in [0.2, 0.25) is 0 Å². The van der Waals surface area contributed by atoms with E-state index in [1.54, 1.807) is 42.6 Å². The van der Waals surface area contributed by atoms with E-state index in [9.17, 15) is 22.8 Å². The number of amides is 1. The number of nitrogens with zero attached hydrogens (tertiary/aromatic N) is 3. The van der Waals surface area contributed by atoms with E-state index < -0.39 is 27.5 Å². The first kappa shape index (κ1) is 25.2. The summed E-state index contributed by atoms with van der Waals surface area (Å²) in [5.41, 5.74) is 0.0620. The highest BCUT2D eigenvalue weighted by atomic mass is 32.2. The Labute approximate surface area is 210 Å². The van der Waals surface area contributed by atoms with Crippen molar-refractivity contribution >= 4 is 49.0 Å². The van der Waals surface area contributed by atoms with Crippen molar-refractivity contribution in [3.63, 3.8) is 0 Å². The highest BCUT2D eigenvalue weighted by molar-refractivity contribution is 7.89. The predicted octanol–water partition coefficient (Wildman–Crippen LogP) is 3.13. The lowest BCUT2D eigenvalue weighted by Gasteiger charge is -2.12. The number of aromatic nitrogens is 2. The Balaban J connectivity index is 1.77. The van der Waals surface area contributed by atoms with Crippen LogP contribution in [0.5, 0.6) is 0 Å². The van der Waals surface area contributed by atoms with Gasteiger partial charge in [0.2, 0.25) is 10.0 Å². The monoisotopic (exact) mass is 526 g/mol. The number of esters is 1. The second-order valence-electron chi connectivity index (χ2n) is 7.74. The summed E-state index contributed by atoms with van der Waals surface area (Å²) in [5, 5.41) is 9.12. The van der Waals surface area contributed by atoms with E-state index in [0.717, 1.165) is 20.3 Å². The van der Waals surface area contributed by atoms with Crippen molar-refractivity contribution < 1.29 is 22.7 Å². The van der Waals surface area contributed by atoms with Crippen LogP contribution in [0.4, 0.5) is 5.00 Å². The Morgan fingerprint density at radius 1 is 1.08 bits per heavy atom. The van der Waals surface area contributed by atoms with Gasteiger partial charge < -0.3 is 10.1 Å². The van der Waals surface area contributed by atoms with Crippen molar-refractivity contribution in [2.75, 3.05) is 26.0 Å². The first-order valence-corrected chi connectivity index (χ1v) is 13.1. The molecule has 186 valence electrons. The summed E-state index contributed by atoms with van der Waals surface area (Å²) in [6.07, 6.45) is 0. The van der Waals surface area contributed by atoms with Gasteiger partial charge in [0.25, 0.3) is 11.5 Å². The molecule has 0 aliphatic heterocycles. The van der Waals surface area contributed by atoms with Crippen LogP contribution in [0.1, 0.15) is 27.8 Å². The molecule has 12 heteroatoms. The van der Waals surface area contributed by atoms with Gasteiger partial charge in [-0.15, -0.1) is 11.3 Å². The number of fused-ring (bicyclic) bond motifs is 1. The zero-order valence-electron chi connectivity index (χ0n) is 19.6. The number of carbonyl (C=O) groups is 2. The number of sulfonamides is 1. The molecule has 0 saturated heterocycles. The van der Waals surface area contributed by atoms with Crippen molar-refractivity contribution in [1.29, 1.82) is 0 Å². The summed E-state index contributed by atoms with van der Waals surface area (Å²) >= 11 is 1.07. The lowest BCUT2D eigenvalue weighted by Crippen LogP contribution is -2.25. The molecule has 1 N–H and O–H groups in total. The Morgan fingerprint density at radius 3 is 2.36 bits per heavy atom. The van der Waals surface area contributed by atoms with Crippen LogP contribution in [-0.4, -0.2) is 55.1 Å². The average molecular weight is 527 g/mol. The van der Waals surface area contributed by atoms with Crippen molar-refractivity contribution in [2.24, 2.45) is 0 Å². The number of para-hydroxylation sites is 1. The summed E-state index contributed by atoms with van der Waals surface area (Å²) in [7, 11) is -0.811. The Bertz CT molecular complexity index is 1610. The first-order valence-electron chi connectivity index (χ1n) is 10.8. The van der Waals surface area contributed by atoms with E-state index in [4.69, 9.17) is 4.74 Å². The van der Waals surface area contributed by atoms with E-state index in [0.29, 0.717) is 5.69 Å². The highest BCUT2D eigenvalue weighted by Gasteiger charge is 2.24. The molecule has 4 aromatic rings. The molecule has 0 atom stereocenters. The van der Waals surface area contributed by atoms with Crippen LogP contribution in [-0.2, 0) is 14.8 Å². The van der Waals surface area contributed by atoms with Gasteiger partial charge in [0.15, 0.2) is 5.69 Å². The van der Waals surface area contributed by atoms with Gasteiger partial charge in [0, 0.05) is 30.4 Å². The second-order valence-corrected chi connectivity index (χ2v) is 10.8. The van der Waals surface area contributed by atoms with Gasteiger partial charge in [0.1, 0.15) is 5.00 Å². The van der Waals surface area contributed by atoms with Crippen LogP contribution in [0.3, 0.4) is 0 Å². The molecule has 36 heavy (non-hydrogen) atoms. The molecule has 0 aliphatic rings. The molecule has 2 aromatic heterocycles. The normalized spacial score (nSPS) is 11.6. The van der Waals surface area contributed by atoms with Crippen LogP contribution >= 0.6 is 11.3 Å². The fraction of sp³-hybridized carbons (Fsp3) is 0.167. The third kappa shape index (κ3) is 4.65. The topological polar surface area (TPSA) is 128 Å². The van der Waals surface area contributed by atoms with Gasteiger partial charge in [0.05, 0.1) is 22.6 Å². The minimum Gasteiger partial charge on any atom is -0.461 e. The summed E-state index contributed by atoms with van der Waals surface area (Å²) in [4.78, 5) is 39.0. The molecule has 0 radical (unpaired) electrons. The third-order valence-electron chi connectivity index (χ3n) is 5.24. The van der Waals surface area contributed by atoms with Crippen LogP contribution in [0, 0.1) is 0 Å². The molecule has 0 saturated carbocycles. The maximum atomic E-state index is 13.4. The number of hydrogen-bond acceptors (Lipinski definition) is 8. The summed E-state index contributed by atoms with van der Waals surface area (Å²) in [6.45, 7) is 1.79. The number of benzene rings is 2. The first-order chi connectivity index (χ1) is 17.1. The van der Waals surface area contributed by atoms with Gasteiger partial charge >= 0.3 is 5.97 Å². The minimum atomic E-state index is -3.64. The van der Waals surface area contributed by atoms with Crippen LogP contribution < -0.4 is 10.9 Å². The summed E-state index contributed by atoms with van der Waals surface area (Å²) < 4.78 is 31.9. The Kier molecular flexibility index (Phi) is 7.02. The van der Waals surface area contributed by atoms with Crippen molar-refractivity contribution in [2.45, 2.75) is 11.8 Å². The number of rotatable bonds is 7. The van der Waals surface area contributed by atoms with Crippen molar-refractivity contribution in [1.82, 2.24) is 14.1 Å². The zero-order valence-corrected chi connectivity index (χ0v) is 21.2. The number of hydrogen-bond donors (Lipinski definition) is 1. The molecular weight excluding hydrogens is 504 g/mol. The van der Waals surface area contributed by atoms with Crippen molar-refractivity contribution in [3.8, 4) is 5.69 Å². The van der Waals surface area contributed by atoms with Crippen LogP contribution in [0.25, 0.3) is 16.5 Å². The number of nitrogens with one attached hydrogen (secondary N) is 1. The highest BCUT2D eigenvalue weighted by Crippen LogP contribution is 2.31. The molecule has 4 rings (SSSR count). The molecule has 1 amide bonds. The number of carbonyl (C=O) groups excluding carboxylic acids is 2. The summed E-state index contributed by atoms with van der Waals surface area (Å²) in [6, 6.07) is 14.0. The smallest absolute Gasteiger partial charge is 0.359 e. The van der Waals surface area contributed by atoms with Gasteiger partial charge in [-0.2, -0.15) is 9.78 Å². The number of ether oxygens (including phenoxy) is 1. The molecule has 0 fully saturated rings.